The summed E-state index contributed by atoms with van der Waals surface area (Å²) in [6, 6.07) is 7.28. The lowest BCUT2D eigenvalue weighted by atomic mass is 9.82. The molecule has 0 atom stereocenters. The van der Waals surface area contributed by atoms with E-state index in [0.29, 0.717) is 24.1 Å². The Morgan fingerprint density at radius 3 is 2.52 bits per heavy atom. The lowest BCUT2D eigenvalue weighted by molar-refractivity contribution is -0.122. The molecule has 2 saturated carbocycles. The van der Waals surface area contributed by atoms with Crippen LogP contribution in [0.15, 0.2) is 24.3 Å². The molecule has 124 valence electrons. The van der Waals surface area contributed by atoms with Crippen molar-refractivity contribution in [3.05, 3.63) is 29.8 Å². The third-order valence-electron chi connectivity index (χ3n) is 4.63. The quantitative estimate of drug-likeness (QED) is 0.781. The molecule has 0 radical (unpaired) electrons. The van der Waals surface area contributed by atoms with Gasteiger partial charge in [0, 0.05) is 6.04 Å². The number of hydrogen-bond acceptors (Lipinski definition) is 3. The molecule has 2 aliphatic carbocycles. The number of para-hydroxylation sites is 1. The Balaban J connectivity index is 1.64. The van der Waals surface area contributed by atoms with Gasteiger partial charge < -0.3 is 15.7 Å². The van der Waals surface area contributed by atoms with Crippen LogP contribution in [0.5, 0.6) is 0 Å². The monoisotopic (exact) mass is 316 g/mol. The van der Waals surface area contributed by atoms with Crippen molar-refractivity contribution in [2.24, 2.45) is 0 Å². The van der Waals surface area contributed by atoms with Gasteiger partial charge in [-0.25, -0.2) is 0 Å². The second-order valence-electron chi connectivity index (χ2n) is 6.80. The summed E-state index contributed by atoms with van der Waals surface area (Å²) in [5.41, 5.74) is 0.0894. The first-order valence-corrected chi connectivity index (χ1v) is 8.48. The molecular weight excluding hydrogens is 292 g/mol. The van der Waals surface area contributed by atoms with Crippen LogP contribution < -0.4 is 10.6 Å². The first-order valence-electron chi connectivity index (χ1n) is 8.48. The van der Waals surface area contributed by atoms with E-state index in [2.05, 4.69) is 10.6 Å². The first kappa shape index (κ1) is 16.0. The van der Waals surface area contributed by atoms with Gasteiger partial charge in [-0.05, 0) is 37.8 Å². The number of amides is 2. The van der Waals surface area contributed by atoms with Crippen molar-refractivity contribution in [3.63, 3.8) is 0 Å². The molecule has 0 aromatic heterocycles. The largest absolute Gasteiger partial charge is 0.389 e. The highest BCUT2D eigenvalue weighted by Gasteiger charge is 2.32. The minimum absolute atomic E-state index is 0.0889. The fourth-order valence-electron chi connectivity index (χ4n) is 3.16. The topological polar surface area (TPSA) is 78.4 Å². The van der Waals surface area contributed by atoms with Gasteiger partial charge in [0.15, 0.2) is 0 Å². The molecule has 2 amide bonds. The summed E-state index contributed by atoms with van der Waals surface area (Å²) in [6.07, 6.45) is 6.52. The Morgan fingerprint density at radius 2 is 1.83 bits per heavy atom. The predicted molar refractivity (Wildman–Crippen MR) is 88.2 cm³/mol. The molecule has 3 N–H and O–H groups in total. The highest BCUT2D eigenvalue weighted by atomic mass is 16.3. The molecule has 5 heteroatoms. The van der Waals surface area contributed by atoms with Gasteiger partial charge in [-0.15, -0.1) is 0 Å². The zero-order valence-electron chi connectivity index (χ0n) is 13.3. The lowest BCUT2D eigenvalue weighted by Crippen LogP contribution is -2.36. The summed E-state index contributed by atoms with van der Waals surface area (Å²) in [6.45, 7) is 0. The number of rotatable bonds is 5. The lowest BCUT2D eigenvalue weighted by Gasteiger charge is -2.31. The number of aliphatic hydroxyl groups is 1. The van der Waals surface area contributed by atoms with Crippen molar-refractivity contribution in [2.45, 2.75) is 63.0 Å². The number of carbonyl (C=O) groups excluding carboxylic acids is 2. The molecule has 0 saturated heterocycles. The summed E-state index contributed by atoms with van der Waals surface area (Å²) in [5, 5.41) is 16.2. The molecule has 3 rings (SSSR count). The Hall–Kier alpha value is -1.88. The highest BCUT2D eigenvalue weighted by molar-refractivity contribution is 6.04. The zero-order valence-corrected chi connectivity index (χ0v) is 13.3. The molecule has 2 aliphatic rings. The van der Waals surface area contributed by atoms with E-state index >= 15 is 0 Å². The minimum Gasteiger partial charge on any atom is -0.389 e. The van der Waals surface area contributed by atoms with E-state index in [1.54, 1.807) is 24.3 Å². The molecule has 0 spiro atoms. The van der Waals surface area contributed by atoms with Gasteiger partial charge in [0.25, 0.3) is 5.91 Å². The van der Waals surface area contributed by atoms with Gasteiger partial charge in [0.1, 0.15) is 0 Å². The fraction of sp³-hybridized carbons (Fsp3) is 0.556. The molecule has 1 aromatic carbocycles. The van der Waals surface area contributed by atoms with Crippen molar-refractivity contribution >= 4 is 17.5 Å². The number of carbonyl (C=O) groups is 2. The minimum atomic E-state index is -0.895. The van der Waals surface area contributed by atoms with Crippen LogP contribution in [0.1, 0.15) is 61.7 Å². The normalized spacial score (nSPS) is 19.9. The van der Waals surface area contributed by atoms with E-state index in [1.165, 1.54) is 0 Å². The molecule has 2 fully saturated rings. The van der Waals surface area contributed by atoms with Gasteiger partial charge in [-0.3, -0.25) is 9.59 Å². The summed E-state index contributed by atoms with van der Waals surface area (Å²) < 4.78 is 0. The predicted octanol–water partition coefficient (Wildman–Crippen LogP) is 2.60. The number of nitrogens with one attached hydrogen (secondary N) is 2. The second-order valence-corrected chi connectivity index (χ2v) is 6.80. The smallest absolute Gasteiger partial charge is 0.253 e. The fourth-order valence-corrected chi connectivity index (χ4v) is 3.16. The van der Waals surface area contributed by atoms with Gasteiger partial charge in [-0.2, -0.15) is 0 Å². The van der Waals surface area contributed by atoms with Crippen LogP contribution in [0.25, 0.3) is 0 Å². The summed E-state index contributed by atoms with van der Waals surface area (Å²) >= 11 is 0. The Bertz CT molecular complexity index is 590. The van der Waals surface area contributed by atoms with Gasteiger partial charge in [0.05, 0.1) is 23.3 Å². The van der Waals surface area contributed by atoms with Crippen molar-refractivity contribution in [1.29, 1.82) is 0 Å². The molecule has 0 bridgehead atoms. The average molecular weight is 316 g/mol. The highest BCUT2D eigenvalue weighted by Crippen LogP contribution is 2.31. The van der Waals surface area contributed by atoms with Gasteiger partial charge in [-0.1, -0.05) is 31.4 Å². The molecule has 0 heterocycles. The molecule has 23 heavy (non-hydrogen) atoms. The van der Waals surface area contributed by atoms with Crippen LogP contribution in [0.3, 0.4) is 0 Å². The maximum atomic E-state index is 12.3. The van der Waals surface area contributed by atoms with Crippen LogP contribution in [-0.2, 0) is 4.79 Å². The van der Waals surface area contributed by atoms with Crippen molar-refractivity contribution in [3.8, 4) is 0 Å². The van der Waals surface area contributed by atoms with E-state index in [0.717, 1.165) is 32.1 Å². The van der Waals surface area contributed by atoms with Gasteiger partial charge in [0.2, 0.25) is 5.91 Å². The Labute approximate surface area is 136 Å². The molecule has 0 unspecified atom stereocenters. The number of benzene rings is 1. The third-order valence-corrected chi connectivity index (χ3v) is 4.63. The maximum Gasteiger partial charge on any atom is 0.253 e. The number of anilines is 1. The molecule has 1 aromatic rings. The van der Waals surface area contributed by atoms with E-state index in [9.17, 15) is 14.7 Å². The first-order chi connectivity index (χ1) is 11.1. The van der Waals surface area contributed by atoms with E-state index in [-0.39, 0.29) is 24.3 Å². The Morgan fingerprint density at radius 1 is 1.13 bits per heavy atom. The zero-order chi connectivity index (χ0) is 16.3. The van der Waals surface area contributed by atoms with Crippen LogP contribution >= 0.6 is 0 Å². The second kappa shape index (κ2) is 6.71. The van der Waals surface area contributed by atoms with Crippen LogP contribution in [0.2, 0.25) is 0 Å². The van der Waals surface area contributed by atoms with Crippen molar-refractivity contribution in [2.75, 3.05) is 5.32 Å². The average Bonchev–Trinajstić information content (AvgIpc) is 3.31. The standard InChI is InChI=1S/C18H24N2O3/c21-16(12-18(23)10-4-1-5-11-18)20-15-7-3-2-6-14(15)17(22)19-13-8-9-13/h2-3,6-7,13,23H,1,4-5,8-12H2,(H,19,22)(H,20,21). The van der Waals surface area contributed by atoms with Crippen molar-refractivity contribution in [1.82, 2.24) is 5.32 Å². The van der Waals surface area contributed by atoms with Crippen LogP contribution in [0, 0.1) is 0 Å². The SMILES string of the molecule is O=C(CC1(O)CCCCC1)Nc1ccccc1C(=O)NC1CC1. The van der Waals surface area contributed by atoms with Crippen LogP contribution in [0.4, 0.5) is 5.69 Å². The maximum absolute atomic E-state index is 12.3. The van der Waals surface area contributed by atoms with E-state index < -0.39 is 5.60 Å². The van der Waals surface area contributed by atoms with E-state index in [4.69, 9.17) is 0 Å². The third kappa shape index (κ3) is 4.32. The van der Waals surface area contributed by atoms with Gasteiger partial charge >= 0.3 is 0 Å². The Kier molecular flexibility index (Phi) is 4.66. The van der Waals surface area contributed by atoms with Crippen molar-refractivity contribution < 1.29 is 14.7 Å². The summed E-state index contributed by atoms with van der Waals surface area (Å²) in [5.74, 6) is -0.388. The summed E-state index contributed by atoms with van der Waals surface area (Å²) in [7, 11) is 0. The summed E-state index contributed by atoms with van der Waals surface area (Å²) in [4.78, 5) is 24.5. The molecule has 0 aliphatic heterocycles. The van der Waals surface area contributed by atoms with Crippen LogP contribution in [-0.4, -0.2) is 28.6 Å². The molecular formula is C18H24N2O3. The molecule has 5 nitrogen and oxygen atoms in total. The van der Waals surface area contributed by atoms with E-state index in [1.807, 2.05) is 0 Å². The number of hydrogen-bond donors (Lipinski definition) is 3.